The average molecular weight is 609 g/mol. The van der Waals surface area contributed by atoms with Crippen LogP contribution in [0.5, 0.6) is 11.5 Å². The molecule has 0 radical (unpaired) electrons. The van der Waals surface area contributed by atoms with Crippen molar-refractivity contribution in [1.82, 2.24) is 0 Å². The van der Waals surface area contributed by atoms with E-state index in [1.54, 1.807) is 26.4 Å². The third-order valence-electron chi connectivity index (χ3n) is 6.07. The zero-order valence-electron chi connectivity index (χ0n) is 26.4. The fourth-order valence-electron chi connectivity index (χ4n) is 3.82. The van der Waals surface area contributed by atoms with Crippen LogP contribution in [0.1, 0.15) is 30.9 Å². The number of ether oxygens (including phenoxy) is 6. The van der Waals surface area contributed by atoms with Gasteiger partial charge in [0.1, 0.15) is 30.5 Å². The van der Waals surface area contributed by atoms with Crippen LogP contribution >= 0.6 is 0 Å². The maximum absolute atomic E-state index is 13.0. The van der Waals surface area contributed by atoms with Crippen molar-refractivity contribution in [2.24, 2.45) is 0 Å². The molecule has 0 amide bonds. The van der Waals surface area contributed by atoms with Gasteiger partial charge in [-0.3, -0.25) is 0 Å². The van der Waals surface area contributed by atoms with Crippen molar-refractivity contribution in [2.45, 2.75) is 19.8 Å². The highest BCUT2D eigenvalue weighted by Gasteiger charge is 2.20. The first-order valence-electron chi connectivity index (χ1n) is 14.1. The lowest BCUT2D eigenvalue weighted by atomic mass is 9.95. The summed E-state index contributed by atoms with van der Waals surface area (Å²) in [6, 6.07) is 15.0. The number of hydrogen-bond donors (Lipinski definition) is 0. The highest BCUT2D eigenvalue weighted by Crippen LogP contribution is 2.31. The Hall–Kier alpha value is -4.15. The Bertz CT molecular complexity index is 1270. The number of carbonyl (C=O) groups excluding carboxylic acids is 1. The van der Waals surface area contributed by atoms with Gasteiger partial charge in [0.2, 0.25) is 0 Å². The molecule has 0 saturated heterocycles. The number of carbonyl (C=O) groups is 1. The quantitative estimate of drug-likeness (QED) is 0.0227. The Morgan fingerprint density at radius 1 is 0.795 bits per heavy atom. The summed E-state index contributed by atoms with van der Waals surface area (Å²) in [4.78, 5) is 23.7. The van der Waals surface area contributed by atoms with Crippen molar-refractivity contribution < 1.29 is 43.0 Å². The zero-order valence-corrected chi connectivity index (χ0v) is 26.4. The topological polar surface area (TPSA) is 90.9 Å². The molecule has 0 saturated carbocycles. The van der Waals surface area contributed by atoms with Crippen LogP contribution in [0, 0.1) is 0 Å². The molecule has 2 rings (SSSR count). The van der Waals surface area contributed by atoms with Crippen LogP contribution in [0.4, 0.5) is 0 Å². The summed E-state index contributed by atoms with van der Waals surface area (Å²) < 4.78 is 32.4. The molecule has 0 fully saturated rings. The molecule has 2 aromatic rings. The van der Waals surface area contributed by atoms with Crippen molar-refractivity contribution in [1.29, 1.82) is 0 Å². The minimum atomic E-state index is -0.604. The molecular weight excluding hydrogens is 564 g/mol. The van der Waals surface area contributed by atoms with E-state index in [-0.39, 0.29) is 30.5 Å². The van der Waals surface area contributed by atoms with E-state index < -0.39 is 5.97 Å². The second kappa shape index (κ2) is 19.9. The van der Waals surface area contributed by atoms with E-state index >= 15 is 0 Å². The van der Waals surface area contributed by atoms with Gasteiger partial charge in [-0.15, -0.1) is 0 Å². The fourth-order valence-corrected chi connectivity index (χ4v) is 3.82. The van der Waals surface area contributed by atoms with Gasteiger partial charge in [-0.05, 0) is 65.6 Å². The van der Waals surface area contributed by atoms with Gasteiger partial charge < -0.3 is 33.3 Å². The summed E-state index contributed by atoms with van der Waals surface area (Å²) in [6.07, 6.45) is 3.45. The maximum atomic E-state index is 13.0. The van der Waals surface area contributed by atoms with Crippen LogP contribution in [-0.4, -0.2) is 66.9 Å². The zero-order chi connectivity index (χ0) is 32.3. The number of benzene rings is 2. The summed E-state index contributed by atoms with van der Waals surface area (Å²) in [5.41, 5.74) is 3.19. The lowest BCUT2D eigenvalue weighted by Crippen LogP contribution is -2.14. The van der Waals surface area contributed by atoms with Gasteiger partial charge in [0.25, 0.3) is 0 Å². The van der Waals surface area contributed by atoms with Crippen LogP contribution in [-0.2, 0) is 33.5 Å². The van der Waals surface area contributed by atoms with Crippen LogP contribution in [0.25, 0.3) is 5.57 Å². The monoisotopic (exact) mass is 608 g/mol. The second-order valence-corrected chi connectivity index (χ2v) is 9.66. The Morgan fingerprint density at radius 2 is 1.43 bits per heavy atom. The molecule has 0 aromatic heterocycles. The molecule has 0 aliphatic rings. The van der Waals surface area contributed by atoms with Crippen LogP contribution in [0.15, 0.2) is 103 Å². The van der Waals surface area contributed by atoms with Crippen molar-refractivity contribution in [3.8, 4) is 11.5 Å². The largest absolute Gasteiger partial charge is 0.494 e. The van der Waals surface area contributed by atoms with Crippen LogP contribution in [0.2, 0.25) is 0 Å². The van der Waals surface area contributed by atoms with E-state index in [1.807, 2.05) is 62.4 Å². The predicted molar refractivity (Wildman–Crippen MR) is 170 cm³/mol. The molecule has 9 nitrogen and oxygen atoms in total. The SMILES string of the molecule is C=C(COC)COOC(=C)/C=C(\C=C(\OC(=O)C(=C)COC)C(C)c1ccc(OCC)cc1)c1ccc(OCCOC)cc1. The Balaban J connectivity index is 2.51. The first kappa shape index (κ1) is 36.0. The molecule has 0 bridgehead atoms. The van der Waals surface area contributed by atoms with Gasteiger partial charge in [0.05, 0.1) is 32.0 Å². The molecule has 1 unspecified atom stereocenters. The minimum Gasteiger partial charge on any atom is -0.494 e. The fraction of sp³-hybridized carbons (Fsp3) is 0.343. The summed E-state index contributed by atoms with van der Waals surface area (Å²) in [5, 5.41) is 0. The van der Waals surface area contributed by atoms with Crippen molar-refractivity contribution in [3.05, 3.63) is 114 Å². The molecule has 1 atom stereocenters. The third kappa shape index (κ3) is 12.6. The second-order valence-electron chi connectivity index (χ2n) is 9.66. The smallest absolute Gasteiger partial charge is 0.340 e. The molecule has 9 heteroatoms. The molecule has 0 aliphatic carbocycles. The summed E-state index contributed by atoms with van der Waals surface area (Å²) in [5.74, 6) is 1.05. The molecule has 44 heavy (non-hydrogen) atoms. The molecule has 2 aromatic carbocycles. The van der Waals surface area contributed by atoms with Crippen molar-refractivity contribution in [2.75, 3.05) is 61.0 Å². The van der Waals surface area contributed by atoms with Crippen molar-refractivity contribution >= 4 is 11.5 Å². The standard InChI is InChI=1S/C35H44O9/c1-9-40-32-14-10-29(11-15-32)28(5)34(43-35(36)26(3)24-39-8)21-31(20-27(4)44-42-23-25(2)22-38-7)30-12-16-33(17-13-30)41-19-18-37-6/h10-17,20-21,28H,2-4,9,18-19,22-24H2,1,5-8H3/b31-20+,34-21+. The molecular formula is C35H44O9. The number of hydrogen-bond acceptors (Lipinski definition) is 9. The number of methoxy groups -OCH3 is 3. The lowest BCUT2D eigenvalue weighted by Gasteiger charge is -2.19. The molecule has 0 N–H and O–H groups in total. The maximum Gasteiger partial charge on any atom is 0.340 e. The van der Waals surface area contributed by atoms with Crippen LogP contribution < -0.4 is 9.47 Å². The number of allylic oxidation sites excluding steroid dienone is 4. The Labute approximate surface area is 260 Å². The van der Waals surface area contributed by atoms with Gasteiger partial charge in [-0.2, -0.15) is 4.89 Å². The van der Waals surface area contributed by atoms with Gasteiger partial charge in [-0.25, -0.2) is 4.79 Å². The molecule has 238 valence electrons. The Kier molecular flexibility index (Phi) is 16.3. The summed E-state index contributed by atoms with van der Waals surface area (Å²) in [7, 11) is 4.67. The highest BCUT2D eigenvalue weighted by atomic mass is 17.2. The number of rotatable bonds is 21. The third-order valence-corrected chi connectivity index (χ3v) is 6.07. The molecule has 0 aliphatic heterocycles. The highest BCUT2D eigenvalue weighted by molar-refractivity contribution is 5.89. The number of esters is 1. The van der Waals surface area contributed by atoms with Crippen LogP contribution in [0.3, 0.4) is 0 Å². The van der Waals surface area contributed by atoms with E-state index in [1.165, 1.54) is 7.11 Å². The Morgan fingerprint density at radius 3 is 2.05 bits per heavy atom. The molecule has 0 heterocycles. The van der Waals surface area contributed by atoms with Gasteiger partial charge >= 0.3 is 5.97 Å². The van der Waals surface area contributed by atoms with E-state index in [9.17, 15) is 4.79 Å². The normalized spacial score (nSPS) is 12.3. The first-order chi connectivity index (χ1) is 21.2. The van der Waals surface area contributed by atoms with Gasteiger partial charge in [-0.1, -0.05) is 50.9 Å². The summed E-state index contributed by atoms with van der Waals surface area (Å²) in [6.45, 7) is 17.4. The van der Waals surface area contributed by atoms with Gasteiger partial charge in [0.15, 0.2) is 5.76 Å². The van der Waals surface area contributed by atoms with E-state index in [0.29, 0.717) is 49.1 Å². The molecule has 0 spiro atoms. The summed E-state index contributed by atoms with van der Waals surface area (Å²) >= 11 is 0. The van der Waals surface area contributed by atoms with Crippen molar-refractivity contribution in [3.63, 3.8) is 0 Å². The average Bonchev–Trinajstić information content (AvgIpc) is 3.01. The minimum absolute atomic E-state index is 0.0348. The van der Waals surface area contributed by atoms with E-state index in [0.717, 1.165) is 16.9 Å². The van der Waals surface area contributed by atoms with E-state index in [2.05, 4.69) is 19.7 Å². The van der Waals surface area contributed by atoms with E-state index in [4.69, 9.17) is 38.2 Å². The first-order valence-corrected chi connectivity index (χ1v) is 14.1. The van der Waals surface area contributed by atoms with Gasteiger partial charge in [0, 0.05) is 27.2 Å². The predicted octanol–water partition coefficient (Wildman–Crippen LogP) is 6.59. The lowest BCUT2D eigenvalue weighted by molar-refractivity contribution is -0.250.